The van der Waals surface area contributed by atoms with Gasteiger partial charge in [0, 0.05) is 49.3 Å². The molecule has 37 heavy (non-hydrogen) atoms. The first-order valence-electron chi connectivity index (χ1n) is 13.6. The number of hydrogen-bond donors (Lipinski definition) is 0. The highest BCUT2D eigenvalue weighted by Gasteiger charge is 2.38. The predicted molar refractivity (Wildman–Crippen MR) is 143 cm³/mol. The van der Waals surface area contributed by atoms with Crippen LogP contribution in [0.15, 0.2) is 72.8 Å². The Bertz CT molecular complexity index is 1210. The number of amides is 1. The number of hydrogen-bond acceptors (Lipinski definition) is 2. The second-order valence-electron chi connectivity index (χ2n) is 10.8. The van der Waals surface area contributed by atoms with E-state index in [2.05, 4.69) is 41.0 Å². The summed E-state index contributed by atoms with van der Waals surface area (Å²) in [6.07, 6.45) is 5.48. The Morgan fingerprint density at radius 1 is 0.892 bits per heavy atom. The fourth-order valence-corrected chi connectivity index (χ4v) is 6.30. The maximum Gasteiger partial charge on any atom is 0.254 e. The summed E-state index contributed by atoms with van der Waals surface area (Å²) in [5.41, 5.74) is 3.81. The number of carbonyl (C=O) groups is 1. The van der Waals surface area contributed by atoms with Crippen LogP contribution in [0.1, 0.15) is 65.1 Å². The van der Waals surface area contributed by atoms with Crippen LogP contribution >= 0.6 is 0 Å². The van der Waals surface area contributed by atoms with Gasteiger partial charge in [-0.1, -0.05) is 61.7 Å². The molecule has 0 aromatic heterocycles. The number of benzene rings is 3. The van der Waals surface area contributed by atoms with Gasteiger partial charge >= 0.3 is 0 Å². The number of halogens is 2. The molecule has 1 aliphatic heterocycles. The Labute approximate surface area is 219 Å². The monoisotopic (exact) mass is 502 g/mol. The molecule has 2 aliphatic rings. The van der Waals surface area contributed by atoms with Crippen molar-refractivity contribution in [1.29, 1.82) is 0 Å². The third-order valence-corrected chi connectivity index (χ3v) is 8.26. The Morgan fingerprint density at radius 3 is 2.32 bits per heavy atom. The summed E-state index contributed by atoms with van der Waals surface area (Å²) in [5, 5.41) is 0. The number of rotatable bonds is 7. The third kappa shape index (κ3) is 5.93. The molecule has 1 amide bonds. The molecule has 5 rings (SSSR count). The van der Waals surface area contributed by atoms with Crippen molar-refractivity contribution in [2.75, 3.05) is 19.6 Å². The van der Waals surface area contributed by atoms with E-state index in [0.29, 0.717) is 24.2 Å². The lowest BCUT2D eigenvalue weighted by Gasteiger charge is -2.37. The minimum atomic E-state index is -0.333. The minimum absolute atomic E-state index is 0.0111. The molecule has 3 nitrogen and oxygen atoms in total. The largest absolute Gasteiger partial charge is 0.335 e. The summed E-state index contributed by atoms with van der Waals surface area (Å²) in [6.45, 7) is 4.98. The molecule has 2 fully saturated rings. The zero-order valence-electron chi connectivity index (χ0n) is 21.6. The zero-order valence-corrected chi connectivity index (χ0v) is 21.6. The van der Waals surface area contributed by atoms with Crippen LogP contribution in [0.2, 0.25) is 0 Å². The molecule has 0 N–H and O–H groups in total. The summed E-state index contributed by atoms with van der Waals surface area (Å²) >= 11 is 0. The Hall–Kier alpha value is -3.05. The van der Waals surface area contributed by atoms with Crippen LogP contribution in [0.25, 0.3) is 0 Å². The van der Waals surface area contributed by atoms with E-state index in [1.54, 1.807) is 18.2 Å². The highest BCUT2D eigenvalue weighted by Crippen LogP contribution is 2.37. The van der Waals surface area contributed by atoms with Gasteiger partial charge in [-0.2, -0.15) is 0 Å². The number of carbonyl (C=O) groups excluding carboxylic acids is 1. The van der Waals surface area contributed by atoms with Crippen molar-refractivity contribution < 1.29 is 13.6 Å². The fraction of sp³-hybridized carbons (Fsp3) is 0.406. The fourth-order valence-electron chi connectivity index (χ4n) is 6.30. The molecule has 2 atom stereocenters. The van der Waals surface area contributed by atoms with E-state index in [1.807, 2.05) is 12.1 Å². The van der Waals surface area contributed by atoms with E-state index >= 15 is 0 Å². The second-order valence-corrected chi connectivity index (χ2v) is 10.8. The van der Waals surface area contributed by atoms with Crippen molar-refractivity contribution in [2.24, 2.45) is 5.92 Å². The quantitative estimate of drug-likeness (QED) is 0.349. The highest BCUT2D eigenvalue weighted by atomic mass is 19.1. The lowest BCUT2D eigenvalue weighted by Crippen LogP contribution is -2.45. The number of nitrogens with zero attached hydrogens (tertiary/aromatic N) is 2. The van der Waals surface area contributed by atoms with Gasteiger partial charge in [0.1, 0.15) is 11.6 Å². The summed E-state index contributed by atoms with van der Waals surface area (Å²) in [6, 6.07) is 21.6. The van der Waals surface area contributed by atoms with E-state index in [-0.39, 0.29) is 35.4 Å². The van der Waals surface area contributed by atoms with Gasteiger partial charge in [0.15, 0.2) is 0 Å². The van der Waals surface area contributed by atoms with Gasteiger partial charge in [-0.15, -0.1) is 0 Å². The lowest BCUT2D eigenvalue weighted by atomic mass is 9.85. The topological polar surface area (TPSA) is 23.6 Å². The molecule has 1 saturated carbocycles. The van der Waals surface area contributed by atoms with Gasteiger partial charge in [-0.3, -0.25) is 9.69 Å². The van der Waals surface area contributed by atoms with Crippen molar-refractivity contribution in [1.82, 2.24) is 9.80 Å². The molecule has 2 unspecified atom stereocenters. The summed E-state index contributed by atoms with van der Waals surface area (Å²) in [7, 11) is 0. The number of likely N-dealkylation sites (tertiary alicyclic amines) is 1. The zero-order chi connectivity index (χ0) is 25.8. The van der Waals surface area contributed by atoms with Gasteiger partial charge in [0.05, 0.1) is 0 Å². The molecule has 0 spiro atoms. The minimum Gasteiger partial charge on any atom is -0.335 e. The molecule has 3 aromatic rings. The average molecular weight is 503 g/mol. The highest BCUT2D eigenvalue weighted by molar-refractivity contribution is 5.94. The first-order chi connectivity index (χ1) is 18.0. The van der Waals surface area contributed by atoms with Crippen LogP contribution in [0, 0.1) is 24.5 Å². The lowest BCUT2D eigenvalue weighted by molar-refractivity contribution is 0.0588. The first kappa shape index (κ1) is 25.6. The smallest absolute Gasteiger partial charge is 0.254 e. The molecular weight excluding hydrogens is 466 g/mol. The molecular formula is C32H36F2N2O. The van der Waals surface area contributed by atoms with Crippen molar-refractivity contribution in [2.45, 2.75) is 57.5 Å². The van der Waals surface area contributed by atoms with E-state index in [1.165, 1.54) is 35.7 Å². The van der Waals surface area contributed by atoms with Crippen molar-refractivity contribution >= 4 is 5.91 Å². The summed E-state index contributed by atoms with van der Waals surface area (Å²) in [5.74, 6) is -0.0454. The SMILES string of the molecule is Cc1ccccc1C1CN(Cc2ccccc2F)CC1CN(C(=O)c1ccc(F)cc1)C1CCCCC1. The predicted octanol–water partition coefficient (Wildman–Crippen LogP) is 6.96. The van der Waals surface area contributed by atoms with Crippen LogP contribution in [0.5, 0.6) is 0 Å². The van der Waals surface area contributed by atoms with Crippen molar-refractivity contribution in [3.63, 3.8) is 0 Å². The van der Waals surface area contributed by atoms with Crippen LogP contribution in [-0.2, 0) is 6.54 Å². The molecule has 5 heteroatoms. The maximum absolute atomic E-state index is 14.5. The molecule has 194 valence electrons. The van der Waals surface area contributed by atoms with Gasteiger partial charge in [0.2, 0.25) is 0 Å². The maximum atomic E-state index is 14.5. The first-order valence-corrected chi connectivity index (χ1v) is 13.6. The third-order valence-electron chi connectivity index (χ3n) is 8.26. The van der Waals surface area contributed by atoms with Crippen LogP contribution < -0.4 is 0 Å². The average Bonchev–Trinajstić information content (AvgIpc) is 3.31. The Morgan fingerprint density at radius 2 is 1.59 bits per heavy atom. The molecule has 3 aromatic carbocycles. The van der Waals surface area contributed by atoms with E-state index in [0.717, 1.165) is 38.8 Å². The molecule has 1 saturated heterocycles. The van der Waals surface area contributed by atoms with Crippen molar-refractivity contribution in [3.05, 3.63) is 107 Å². The molecule has 1 aliphatic carbocycles. The van der Waals surface area contributed by atoms with Gasteiger partial charge in [0.25, 0.3) is 5.91 Å². The molecule has 0 radical (unpaired) electrons. The van der Waals surface area contributed by atoms with Crippen LogP contribution in [0.3, 0.4) is 0 Å². The van der Waals surface area contributed by atoms with Crippen LogP contribution in [0.4, 0.5) is 8.78 Å². The van der Waals surface area contributed by atoms with E-state index < -0.39 is 0 Å². The second kappa shape index (κ2) is 11.6. The molecule has 0 bridgehead atoms. The Kier molecular flexibility index (Phi) is 7.99. The normalized spacial score (nSPS) is 20.7. The molecule has 1 heterocycles. The van der Waals surface area contributed by atoms with E-state index in [9.17, 15) is 13.6 Å². The Balaban J connectivity index is 1.44. The van der Waals surface area contributed by atoms with Gasteiger partial charge in [-0.05, 0) is 67.1 Å². The van der Waals surface area contributed by atoms with Crippen molar-refractivity contribution in [3.8, 4) is 0 Å². The standard InChI is InChI=1S/C32H36F2N2O/c1-23-9-5-7-13-29(23)30-22-35(19-25-10-6-8-14-31(25)34)20-26(30)21-36(28-11-3-2-4-12-28)32(37)24-15-17-27(33)18-16-24/h5-10,13-18,26,28,30H,2-4,11-12,19-22H2,1H3. The number of aryl methyl sites for hydroxylation is 1. The van der Waals surface area contributed by atoms with Gasteiger partial charge in [-0.25, -0.2) is 8.78 Å². The summed E-state index contributed by atoms with van der Waals surface area (Å²) in [4.78, 5) is 18.2. The van der Waals surface area contributed by atoms with E-state index in [4.69, 9.17) is 0 Å². The van der Waals surface area contributed by atoms with Gasteiger partial charge < -0.3 is 4.90 Å². The van der Waals surface area contributed by atoms with Crippen LogP contribution in [-0.4, -0.2) is 41.4 Å². The summed E-state index contributed by atoms with van der Waals surface area (Å²) < 4.78 is 28.1.